The highest BCUT2D eigenvalue weighted by Crippen LogP contribution is 2.46. The van der Waals surface area contributed by atoms with E-state index in [0.29, 0.717) is 5.71 Å². The molecule has 8 aromatic carbocycles. The van der Waals surface area contributed by atoms with Gasteiger partial charge in [0.1, 0.15) is 11.1 Å². The van der Waals surface area contributed by atoms with Crippen LogP contribution in [-0.2, 0) is 0 Å². The minimum atomic E-state index is 0.556. The second-order valence-electron chi connectivity index (χ2n) is 13.3. The fourth-order valence-electron chi connectivity index (χ4n) is 8.08. The van der Waals surface area contributed by atoms with Gasteiger partial charge in [-0.15, -0.1) is 11.3 Å². The molecule has 52 heavy (non-hydrogen) atoms. The Morgan fingerprint density at radius 3 is 1.63 bits per heavy atom. The van der Waals surface area contributed by atoms with Gasteiger partial charge in [-0.3, -0.25) is 0 Å². The number of hydrogen-bond acceptors (Lipinski definition) is 4. The van der Waals surface area contributed by atoms with Crippen molar-refractivity contribution >= 4 is 75.3 Å². The van der Waals surface area contributed by atoms with Crippen molar-refractivity contribution in [1.82, 2.24) is 9.97 Å². The van der Waals surface area contributed by atoms with E-state index >= 15 is 0 Å². The van der Waals surface area contributed by atoms with Gasteiger partial charge in [0, 0.05) is 43.3 Å². The molecule has 0 unspecified atom stereocenters. The average molecular weight is 681 g/mol. The van der Waals surface area contributed by atoms with Crippen LogP contribution in [0.3, 0.4) is 0 Å². The predicted octanol–water partition coefficient (Wildman–Crippen LogP) is 13.7. The molecule has 242 valence electrons. The molecule has 11 rings (SSSR count). The Morgan fingerprint density at radius 2 is 0.904 bits per heavy atom. The molecule has 0 spiro atoms. The first kappa shape index (κ1) is 29.1. The fourth-order valence-corrected chi connectivity index (χ4v) is 9.45. The lowest BCUT2D eigenvalue weighted by Gasteiger charge is -2.13. The molecule has 3 nitrogen and oxygen atoms in total. The zero-order valence-corrected chi connectivity index (χ0v) is 28.7. The molecule has 0 bridgehead atoms. The lowest BCUT2D eigenvalue weighted by atomic mass is 9.90. The lowest BCUT2D eigenvalue weighted by Crippen LogP contribution is -1.87. The maximum absolute atomic E-state index is 6.42. The highest BCUT2D eigenvalue weighted by molar-refractivity contribution is 7.26. The Bertz CT molecular complexity index is 3190. The standard InChI is InChI=1S/C48H28N2OS/c1-2-11-29(12-3-1)35-20-9-23-40-41-24-10-21-36(47(41)52-46(35)40)33-16-7-14-31(28-33)30-13-6-15-32(27-30)34-19-8-22-38-37-17-4-5-18-39(37)45-43(42(34)38)44-48(51-45)50-26-25-49-44/h1-28H. The molecule has 0 saturated heterocycles. The molecule has 11 aromatic rings. The monoisotopic (exact) mass is 680 g/mol. The van der Waals surface area contributed by atoms with E-state index < -0.39 is 0 Å². The zero-order chi connectivity index (χ0) is 34.2. The SMILES string of the molecule is c1ccc(-c2cccc3c2sc2c(-c4cccc(-c5cccc(-c6cccc7c8ccccc8c8oc9nccnc9c8c67)c5)c4)cccc23)cc1. The predicted molar refractivity (Wildman–Crippen MR) is 219 cm³/mol. The highest BCUT2D eigenvalue weighted by Gasteiger charge is 2.20. The summed E-state index contributed by atoms with van der Waals surface area (Å²) in [6.07, 6.45) is 3.44. The van der Waals surface area contributed by atoms with E-state index in [9.17, 15) is 0 Å². The van der Waals surface area contributed by atoms with Gasteiger partial charge in [-0.2, -0.15) is 0 Å². The van der Waals surface area contributed by atoms with Crippen LogP contribution in [0.15, 0.2) is 175 Å². The van der Waals surface area contributed by atoms with Crippen LogP contribution in [0, 0.1) is 0 Å². The first-order valence-corrected chi connectivity index (χ1v) is 18.3. The quantitative estimate of drug-likeness (QED) is 0.174. The largest absolute Gasteiger partial charge is 0.436 e. The van der Waals surface area contributed by atoms with Gasteiger partial charge in [0.05, 0.1) is 5.39 Å². The summed E-state index contributed by atoms with van der Waals surface area (Å²) < 4.78 is 9.06. The van der Waals surface area contributed by atoms with Gasteiger partial charge in [-0.05, 0) is 67.4 Å². The first-order valence-electron chi connectivity index (χ1n) is 17.5. The van der Waals surface area contributed by atoms with Crippen molar-refractivity contribution in [2.75, 3.05) is 0 Å². The molecular formula is C48H28N2OS. The van der Waals surface area contributed by atoms with Gasteiger partial charge in [-0.25, -0.2) is 9.97 Å². The molecular weight excluding hydrogens is 653 g/mol. The van der Waals surface area contributed by atoms with Crippen LogP contribution in [0.5, 0.6) is 0 Å². The molecule has 0 aliphatic carbocycles. The van der Waals surface area contributed by atoms with Gasteiger partial charge in [0.2, 0.25) is 5.71 Å². The molecule has 0 aliphatic rings. The van der Waals surface area contributed by atoms with Crippen LogP contribution in [-0.4, -0.2) is 9.97 Å². The van der Waals surface area contributed by atoms with Crippen LogP contribution >= 0.6 is 11.3 Å². The number of nitrogens with zero attached hydrogens (tertiary/aromatic N) is 2. The molecule has 0 radical (unpaired) electrons. The first-order chi connectivity index (χ1) is 25.8. The summed E-state index contributed by atoms with van der Waals surface area (Å²) in [6, 6.07) is 57.0. The number of aromatic nitrogens is 2. The van der Waals surface area contributed by atoms with E-state index in [1.807, 2.05) is 11.3 Å². The van der Waals surface area contributed by atoms with Crippen molar-refractivity contribution in [1.29, 1.82) is 0 Å². The Morgan fingerprint density at radius 1 is 0.385 bits per heavy atom. The average Bonchev–Trinajstić information content (AvgIpc) is 3.81. The molecule has 4 heteroatoms. The van der Waals surface area contributed by atoms with Crippen LogP contribution in [0.25, 0.3) is 108 Å². The van der Waals surface area contributed by atoms with Crippen LogP contribution < -0.4 is 0 Å². The minimum Gasteiger partial charge on any atom is -0.436 e. The lowest BCUT2D eigenvalue weighted by molar-refractivity contribution is 0.656. The second-order valence-corrected chi connectivity index (χ2v) is 14.3. The van der Waals surface area contributed by atoms with E-state index in [-0.39, 0.29) is 0 Å². The van der Waals surface area contributed by atoms with Crippen molar-refractivity contribution in [3.8, 4) is 44.5 Å². The number of fused-ring (bicyclic) bond motifs is 11. The van der Waals surface area contributed by atoms with Gasteiger partial charge >= 0.3 is 0 Å². The normalized spacial score (nSPS) is 11.8. The van der Waals surface area contributed by atoms with E-state index in [0.717, 1.165) is 43.8 Å². The van der Waals surface area contributed by atoms with Crippen LogP contribution in [0.2, 0.25) is 0 Å². The number of benzene rings is 8. The van der Waals surface area contributed by atoms with Gasteiger partial charge < -0.3 is 4.42 Å². The van der Waals surface area contributed by atoms with Gasteiger partial charge in [0.15, 0.2) is 0 Å². The van der Waals surface area contributed by atoms with E-state index in [2.05, 4.69) is 163 Å². The molecule has 3 heterocycles. The number of rotatable bonds is 4. The third-order valence-electron chi connectivity index (χ3n) is 10.4. The molecule has 3 aromatic heterocycles. The summed E-state index contributed by atoms with van der Waals surface area (Å²) in [7, 11) is 0. The van der Waals surface area contributed by atoms with Crippen molar-refractivity contribution in [2.24, 2.45) is 0 Å². The second kappa shape index (κ2) is 11.5. The third kappa shape index (κ3) is 4.38. The van der Waals surface area contributed by atoms with Crippen LogP contribution in [0.1, 0.15) is 0 Å². The summed E-state index contributed by atoms with van der Waals surface area (Å²) in [5.41, 5.74) is 11.8. The van der Waals surface area contributed by atoms with Gasteiger partial charge in [-0.1, -0.05) is 146 Å². The van der Waals surface area contributed by atoms with Crippen molar-refractivity contribution < 1.29 is 4.42 Å². The Balaban J connectivity index is 1.08. The van der Waals surface area contributed by atoms with Crippen LogP contribution in [0.4, 0.5) is 0 Å². The Hall–Kier alpha value is -6.62. The fraction of sp³-hybridized carbons (Fsp3) is 0. The van der Waals surface area contributed by atoms with Crippen molar-refractivity contribution in [2.45, 2.75) is 0 Å². The molecule has 0 amide bonds. The maximum atomic E-state index is 6.42. The molecule has 0 aliphatic heterocycles. The summed E-state index contributed by atoms with van der Waals surface area (Å²) in [5, 5.41) is 8.14. The van der Waals surface area contributed by atoms with E-state index in [4.69, 9.17) is 9.40 Å². The summed E-state index contributed by atoms with van der Waals surface area (Å²) in [4.78, 5) is 9.31. The maximum Gasteiger partial charge on any atom is 0.246 e. The van der Waals surface area contributed by atoms with Crippen molar-refractivity contribution in [3.05, 3.63) is 170 Å². The summed E-state index contributed by atoms with van der Waals surface area (Å²) in [5.74, 6) is 0. The third-order valence-corrected chi connectivity index (χ3v) is 11.7. The number of hydrogen-bond donors (Lipinski definition) is 0. The Labute approximate surface area is 303 Å². The van der Waals surface area contributed by atoms with E-state index in [1.54, 1.807) is 12.4 Å². The van der Waals surface area contributed by atoms with Crippen molar-refractivity contribution in [3.63, 3.8) is 0 Å². The minimum absolute atomic E-state index is 0.556. The molecule has 0 N–H and O–H groups in total. The number of thiophene rings is 1. The highest BCUT2D eigenvalue weighted by atomic mass is 32.1. The Kier molecular flexibility index (Phi) is 6.42. The molecule has 0 atom stereocenters. The smallest absolute Gasteiger partial charge is 0.246 e. The number of furan rings is 1. The topological polar surface area (TPSA) is 38.9 Å². The van der Waals surface area contributed by atoms with E-state index in [1.165, 1.54) is 58.9 Å². The van der Waals surface area contributed by atoms with Gasteiger partial charge in [0.25, 0.3) is 0 Å². The molecule has 0 fully saturated rings. The summed E-state index contributed by atoms with van der Waals surface area (Å²) in [6.45, 7) is 0. The zero-order valence-electron chi connectivity index (χ0n) is 27.9. The molecule has 0 saturated carbocycles. The summed E-state index contributed by atoms with van der Waals surface area (Å²) >= 11 is 1.89.